The van der Waals surface area contributed by atoms with Crippen LogP contribution in [0.15, 0.2) is 130 Å². The molecule has 0 spiro atoms. The summed E-state index contributed by atoms with van der Waals surface area (Å²) in [6.07, 6.45) is 24.0. The average Bonchev–Trinajstić information content (AvgIpc) is 3.54. The normalized spacial score (nSPS) is 25.5. The molecule has 4 rings (SSSR count). The molecule has 0 amide bonds. The van der Waals surface area contributed by atoms with E-state index in [1.54, 1.807) is 0 Å². The van der Waals surface area contributed by atoms with Crippen molar-refractivity contribution in [2.24, 2.45) is 34.0 Å². The van der Waals surface area contributed by atoms with Crippen LogP contribution in [0.3, 0.4) is 0 Å². The molecule has 288 valence electrons. The quantitative estimate of drug-likeness (QED) is 0.108. The van der Waals surface area contributed by atoms with Crippen LogP contribution in [0.2, 0.25) is 0 Å². The van der Waals surface area contributed by atoms with Gasteiger partial charge in [0, 0.05) is 41.0 Å². The summed E-state index contributed by atoms with van der Waals surface area (Å²) in [6.45, 7) is 33.2. The highest BCUT2D eigenvalue weighted by atomic mass is 32.2. The van der Waals surface area contributed by atoms with Crippen LogP contribution in [0.4, 0.5) is 8.78 Å². The lowest BCUT2D eigenvalue weighted by atomic mass is 9.34. The summed E-state index contributed by atoms with van der Waals surface area (Å²) in [5.74, 6) is 3.34. The molecular formula is C47H67BF2N2S. The predicted molar refractivity (Wildman–Crippen MR) is 230 cm³/mol. The Morgan fingerprint density at radius 1 is 1.15 bits per heavy atom. The largest absolute Gasteiger partial charge is 0.379 e. The lowest BCUT2D eigenvalue weighted by Crippen LogP contribution is -2.48. The summed E-state index contributed by atoms with van der Waals surface area (Å²) in [5, 5.41) is 6.91. The number of nitrogens with one attached hydrogen (secondary N) is 1. The molecule has 4 atom stereocenters. The van der Waals surface area contributed by atoms with Crippen LogP contribution >= 0.6 is 11.8 Å². The minimum Gasteiger partial charge on any atom is -0.379 e. The fourth-order valence-electron chi connectivity index (χ4n) is 8.29. The van der Waals surface area contributed by atoms with Crippen molar-refractivity contribution in [3.8, 4) is 0 Å². The predicted octanol–water partition coefficient (Wildman–Crippen LogP) is 13.5. The monoisotopic (exact) mass is 741 g/mol. The first-order chi connectivity index (χ1) is 24.8. The van der Waals surface area contributed by atoms with Crippen LogP contribution in [-0.4, -0.2) is 29.6 Å². The number of halogens is 2. The van der Waals surface area contributed by atoms with Gasteiger partial charge in [0.1, 0.15) is 12.5 Å². The Morgan fingerprint density at radius 2 is 1.85 bits per heavy atom. The molecule has 2 heterocycles. The number of nitrogens with zero attached hydrogens (tertiary/aromatic N) is 1. The Bertz CT molecular complexity index is 1650. The van der Waals surface area contributed by atoms with E-state index in [0.29, 0.717) is 17.1 Å². The van der Waals surface area contributed by atoms with Crippen molar-refractivity contribution in [2.45, 2.75) is 120 Å². The zero-order valence-electron chi connectivity index (χ0n) is 34.7. The molecule has 1 saturated carbocycles. The lowest BCUT2D eigenvalue weighted by Gasteiger charge is -2.51. The van der Waals surface area contributed by atoms with Gasteiger partial charge < -0.3 is 10.2 Å². The van der Waals surface area contributed by atoms with Gasteiger partial charge in [0.25, 0.3) is 0 Å². The van der Waals surface area contributed by atoms with Crippen molar-refractivity contribution in [1.29, 1.82) is 0 Å². The summed E-state index contributed by atoms with van der Waals surface area (Å²) >= 11 is 2.03. The Kier molecular flexibility index (Phi) is 14.2. The van der Waals surface area contributed by atoms with Crippen molar-refractivity contribution < 1.29 is 8.78 Å². The molecule has 0 aromatic heterocycles. The molecule has 0 bridgehead atoms. The third-order valence-corrected chi connectivity index (χ3v) is 13.2. The van der Waals surface area contributed by atoms with Gasteiger partial charge in [-0.25, -0.2) is 8.78 Å². The highest BCUT2D eigenvalue weighted by Gasteiger charge is 2.53. The van der Waals surface area contributed by atoms with E-state index in [1.807, 2.05) is 17.8 Å². The van der Waals surface area contributed by atoms with E-state index in [4.69, 9.17) is 0 Å². The first-order valence-electron chi connectivity index (χ1n) is 19.8. The average molecular weight is 741 g/mol. The van der Waals surface area contributed by atoms with Gasteiger partial charge in [0.05, 0.1) is 0 Å². The van der Waals surface area contributed by atoms with Gasteiger partial charge in [-0.15, -0.1) is 18.3 Å². The van der Waals surface area contributed by atoms with Gasteiger partial charge >= 0.3 is 0 Å². The van der Waals surface area contributed by atoms with Gasteiger partial charge in [-0.05, 0) is 102 Å². The van der Waals surface area contributed by atoms with E-state index in [0.717, 1.165) is 41.1 Å². The zero-order valence-corrected chi connectivity index (χ0v) is 35.5. The SMILES string of the molecule is C=CC(C/C=C/C(C)C)N/C(=C/C(=C)C)C1=CN(C2=CCC(C(C)(C)C)C=C2C/C(F)=C\C=C/CF)C(C)=CB1C1=CSC2C1C(C)(C)CCC2(C)C. The molecule has 4 aliphatic rings. The standard InChI is InChI=1S/C47H67BF2N2S/c1-14-38(20-17-18-32(2)3)51-41(26-33(4)5)39-30-52(42-22-21-36(45(7,8)9)27-35(42)28-37(50)19-15-16-25-49)34(6)29-48(39)40-31-53-44-43(40)46(10,11)23-24-47(44,12)13/h14-19,22,26-27,29-32,36,38,43-44,51H,1,4,20-21,23-25,28H2,2-3,5-13H3/b16-15-,18-17+,37-19+,41-26+. The third kappa shape index (κ3) is 10.6. The number of fused-ring (bicyclic) bond motifs is 1. The first kappa shape index (κ1) is 42.8. The number of hydrogen-bond acceptors (Lipinski definition) is 3. The molecule has 2 aliphatic heterocycles. The van der Waals surface area contributed by atoms with E-state index in [9.17, 15) is 4.39 Å². The van der Waals surface area contributed by atoms with E-state index >= 15 is 4.39 Å². The molecule has 6 heteroatoms. The Labute approximate surface area is 327 Å². The summed E-state index contributed by atoms with van der Waals surface area (Å²) in [6, 6.07) is 0.0239. The lowest BCUT2D eigenvalue weighted by molar-refractivity contribution is 0.0926. The number of alkyl halides is 1. The number of hydrogen-bond donors (Lipinski definition) is 1. The minimum absolute atomic E-state index is 0.0231. The summed E-state index contributed by atoms with van der Waals surface area (Å²) < 4.78 is 28.3. The van der Waals surface area contributed by atoms with Crippen LogP contribution in [0.5, 0.6) is 0 Å². The topological polar surface area (TPSA) is 15.3 Å². The second kappa shape index (κ2) is 17.6. The van der Waals surface area contributed by atoms with Gasteiger partial charge in [-0.1, -0.05) is 128 Å². The summed E-state index contributed by atoms with van der Waals surface area (Å²) in [5.41, 5.74) is 8.20. The molecule has 2 nitrogen and oxygen atoms in total. The van der Waals surface area contributed by atoms with Crippen LogP contribution in [0.1, 0.15) is 108 Å². The van der Waals surface area contributed by atoms with Gasteiger partial charge in [-0.2, -0.15) is 0 Å². The fourth-order valence-corrected chi connectivity index (χ4v) is 10.1. The van der Waals surface area contributed by atoms with Gasteiger partial charge in [0.15, 0.2) is 0 Å². The van der Waals surface area contributed by atoms with E-state index < -0.39 is 6.67 Å². The van der Waals surface area contributed by atoms with Crippen molar-refractivity contribution in [3.63, 3.8) is 0 Å². The molecule has 1 fully saturated rings. The van der Waals surface area contributed by atoms with Crippen molar-refractivity contribution in [3.05, 3.63) is 130 Å². The van der Waals surface area contributed by atoms with Crippen molar-refractivity contribution in [1.82, 2.24) is 10.2 Å². The van der Waals surface area contributed by atoms with E-state index in [2.05, 4.69) is 147 Å². The maximum absolute atomic E-state index is 15.5. The second-order valence-electron chi connectivity index (χ2n) is 18.5. The Hall–Kier alpha value is -2.99. The van der Waals surface area contributed by atoms with Crippen LogP contribution < -0.4 is 5.32 Å². The van der Waals surface area contributed by atoms with E-state index in [-0.39, 0.29) is 47.2 Å². The molecule has 0 saturated heterocycles. The number of thioether (sulfide) groups is 1. The van der Waals surface area contributed by atoms with E-state index in [1.165, 1.54) is 42.0 Å². The number of rotatable bonds is 14. The minimum atomic E-state index is -0.615. The molecule has 4 unspecified atom stereocenters. The Morgan fingerprint density at radius 3 is 2.47 bits per heavy atom. The molecular weight excluding hydrogens is 673 g/mol. The van der Waals surface area contributed by atoms with Crippen LogP contribution in [0.25, 0.3) is 0 Å². The fraction of sp³-hybridized carbons (Fsp3) is 0.532. The summed E-state index contributed by atoms with van der Waals surface area (Å²) in [4.78, 5) is 2.28. The van der Waals surface area contributed by atoms with Crippen molar-refractivity contribution in [2.75, 3.05) is 6.67 Å². The summed E-state index contributed by atoms with van der Waals surface area (Å²) in [7, 11) is 0. The van der Waals surface area contributed by atoms with Gasteiger partial charge in [0.2, 0.25) is 6.71 Å². The smallest absolute Gasteiger partial charge is 0.236 e. The Balaban J connectivity index is 1.88. The van der Waals surface area contributed by atoms with Crippen LogP contribution in [-0.2, 0) is 0 Å². The molecule has 0 aromatic rings. The van der Waals surface area contributed by atoms with Crippen LogP contribution in [0, 0.1) is 34.0 Å². The maximum Gasteiger partial charge on any atom is 0.236 e. The van der Waals surface area contributed by atoms with Crippen molar-refractivity contribution >= 4 is 18.5 Å². The van der Waals surface area contributed by atoms with Gasteiger partial charge in [-0.3, -0.25) is 0 Å². The molecule has 0 radical (unpaired) electrons. The zero-order chi connectivity index (χ0) is 39.3. The second-order valence-corrected chi connectivity index (χ2v) is 19.5. The molecule has 2 aliphatic carbocycles. The third-order valence-electron chi connectivity index (χ3n) is 11.6. The highest BCUT2D eigenvalue weighted by molar-refractivity contribution is 8.03. The molecule has 53 heavy (non-hydrogen) atoms. The number of allylic oxidation sites excluding steroid dienone is 13. The molecule has 0 aromatic carbocycles. The highest BCUT2D eigenvalue weighted by Crippen LogP contribution is 2.60. The maximum atomic E-state index is 15.5. The first-order valence-corrected chi connectivity index (χ1v) is 20.7. The molecule has 1 N–H and O–H groups in total.